The van der Waals surface area contributed by atoms with E-state index in [0.29, 0.717) is 11.3 Å². The number of aryl methyl sites for hydroxylation is 1. The number of nitrogens with zero attached hydrogens (tertiary/aromatic N) is 3. The molecule has 2 aromatic rings. The van der Waals surface area contributed by atoms with E-state index in [9.17, 15) is 25.0 Å². The van der Waals surface area contributed by atoms with Crippen molar-refractivity contribution in [1.29, 1.82) is 0 Å². The summed E-state index contributed by atoms with van der Waals surface area (Å²) >= 11 is 0. The van der Waals surface area contributed by atoms with Crippen molar-refractivity contribution < 1.29 is 14.6 Å². The Bertz CT molecular complexity index is 738. The molecule has 0 radical (unpaired) electrons. The lowest BCUT2D eigenvalue weighted by Gasteiger charge is -2.06. The van der Waals surface area contributed by atoms with Gasteiger partial charge in [0.1, 0.15) is 0 Å². The first-order valence-corrected chi connectivity index (χ1v) is 5.64. The van der Waals surface area contributed by atoms with Crippen molar-refractivity contribution in [3.63, 3.8) is 0 Å². The van der Waals surface area contributed by atoms with Crippen LogP contribution in [0.3, 0.4) is 0 Å². The Kier molecular flexibility index (Phi) is 3.61. The van der Waals surface area contributed by atoms with Crippen LogP contribution in [-0.4, -0.2) is 26.0 Å². The molecule has 2 N–H and O–H groups in total. The lowest BCUT2D eigenvalue weighted by molar-refractivity contribution is -0.389. The number of benzene rings is 1. The Morgan fingerprint density at radius 3 is 2.48 bits per heavy atom. The van der Waals surface area contributed by atoms with Crippen molar-refractivity contribution in [2.45, 2.75) is 6.92 Å². The molecule has 1 amide bonds. The Morgan fingerprint density at radius 1 is 1.24 bits per heavy atom. The summed E-state index contributed by atoms with van der Waals surface area (Å²) in [4.78, 5) is 31.7. The molecule has 1 aromatic carbocycles. The standard InChI is InChI=1S/C11H9N5O5/c1-6-4-7(15(18)19)2-3-8(6)12-11(17)9-5-10(14-13-9)16(20)21/h2-5H,1H3,(H,12,17)(H,13,14). The molecule has 0 spiro atoms. The minimum atomic E-state index is -0.707. The number of anilines is 1. The molecule has 0 aliphatic heterocycles. The number of aromatic nitrogens is 2. The van der Waals surface area contributed by atoms with E-state index >= 15 is 0 Å². The van der Waals surface area contributed by atoms with Crippen molar-refractivity contribution in [3.8, 4) is 0 Å². The van der Waals surface area contributed by atoms with E-state index in [2.05, 4.69) is 15.5 Å². The third-order valence-electron chi connectivity index (χ3n) is 2.66. The van der Waals surface area contributed by atoms with Crippen molar-refractivity contribution in [2.24, 2.45) is 0 Å². The molecule has 108 valence electrons. The fourth-order valence-electron chi connectivity index (χ4n) is 1.61. The number of amides is 1. The second-order valence-electron chi connectivity index (χ2n) is 4.11. The topological polar surface area (TPSA) is 144 Å². The maximum absolute atomic E-state index is 11.9. The lowest BCUT2D eigenvalue weighted by Crippen LogP contribution is -2.13. The SMILES string of the molecule is Cc1cc([N+](=O)[O-])ccc1NC(=O)c1cc([N+](=O)[O-])[nH]n1. The first-order valence-electron chi connectivity index (χ1n) is 5.64. The van der Waals surface area contributed by atoms with Gasteiger partial charge in [-0.25, -0.2) is 0 Å². The van der Waals surface area contributed by atoms with Crippen LogP contribution in [-0.2, 0) is 0 Å². The third kappa shape index (κ3) is 3.00. The second-order valence-corrected chi connectivity index (χ2v) is 4.11. The zero-order valence-electron chi connectivity index (χ0n) is 10.7. The molecule has 10 nitrogen and oxygen atoms in total. The highest BCUT2D eigenvalue weighted by atomic mass is 16.6. The monoisotopic (exact) mass is 291 g/mol. The van der Waals surface area contributed by atoms with Gasteiger partial charge in [-0.2, -0.15) is 0 Å². The number of aromatic amines is 1. The van der Waals surface area contributed by atoms with Crippen LogP contribution in [0.5, 0.6) is 0 Å². The Labute approximate surface area is 117 Å². The van der Waals surface area contributed by atoms with E-state index < -0.39 is 21.6 Å². The maximum Gasteiger partial charge on any atom is 0.343 e. The number of nitro groups is 2. The zero-order chi connectivity index (χ0) is 15.6. The van der Waals surface area contributed by atoms with Crippen LogP contribution in [0.1, 0.15) is 16.1 Å². The summed E-state index contributed by atoms with van der Waals surface area (Å²) in [6.45, 7) is 1.59. The Morgan fingerprint density at radius 2 is 1.95 bits per heavy atom. The molecular formula is C11H9N5O5. The molecule has 0 fully saturated rings. The van der Waals surface area contributed by atoms with Gasteiger partial charge in [-0.1, -0.05) is 5.10 Å². The highest BCUT2D eigenvalue weighted by molar-refractivity contribution is 6.03. The number of nitro benzene ring substituents is 1. The van der Waals surface area contributed by atoms with E-state index in [0.717, 1.165) is 6.07 Å². The summed E-state index contributed by atoms with van der Waals surface area (Å²) in [5.74, 6) is -1.06. The number of non-ortho nitro benzene ring substituents is 1. The summed E-state index contributed by atoms with van der Waals surface area (Å²) in [6.07, 6.45) is 0. The normalized spacial score (nSPS) is 10.1. The number of rotatable bonds is 4. The molecule has 2 rings (SSSR count). The quantitative estimate of drug-likeness (QED) is 0.648. The van der Waals surface area contributed by atoms with Gasteiger partial charge in [-0.05, 0) is 23.5 Å². The van der Waals surface area contributed by atoms with Gasteiger partial charge < -0.3 is 15.4 Å². The first-order chi connectivity index (χ1) is 9.88. The first kappa shape index (κ1) is 14.1. The molecule has 0 saturated heterocycles. The van der Waals surface area contributed by atoms with Crippen LogP contribution in [0.4, 0.5) is 17.2 Å². The van der Waals surface area contributed by atoms with Crippen molar-refractivity contribution in [3.05, 3.63) is 55.8 Å². The van der Waals surface area contributed by atoms with E-state index in [1.165, 1.54) is 18.2 Å². The average molecular weight is 291 g/mol. The van der Waals surface area contributed by atoms with Crippen LogP contribution in [0.15, 0.2) is 24.3 Å². The van der Waals surface area contributed by atoms with Gasteiger partial charge in [0.25, 0.3) is 11.6 Å². The number of H-pyrrole nitrogens is 1. The van der Waals surface area contributed by atoms with Crippen molar-refractivity contribution in [2.75, 3.05) is 5.32 Å². The number of nitrogens with one attached hydrogen (secondary N) is 2. The molecule has 1 aromatic heterocycles. The molecule has 0 atom stereocenters. The van der Waals surface area contributed by atoms with Crippen LogP contribution < -0.4 is 5.32 Å². The Hall–Kier alpha value is -3.30. The predicted octanol–water partition coefficient (Wildman–Crippen LogP) is 1.79. The summed E-state index contributed by atoms with van der Waals surface area (Å²) in [6, 6.07) is 4.93. The van der Waals surface area contributed by atoms with Gasteiger partial charge in [-0.15, -0.1) is 5.10 Å². The highest BCUT2D eigenvalue weighted by Crippen LogP contribution is 2.21. The van der Waals surface area contributed by atoms with Crippen molar-refractivity contribution in [1.82, 2.24) is 10.2 Å². The molecule has 10 heteroatoms. The molecule has 0 bridgehead atoms. The van der Waals surface area contributed by atoms with Gasteiger partial charge in [0.05, 0.1) is 11.0 Å². The van der Waals surface area contributed by atoms with Crippen LogP contribution in [0, 0.1) is 27.2 Å². The van der Waals surface area contributed by atoms with E-state index in [1.54, 1.807) is 6.92 Å². The molecule has 0 saturated carbocycles. The lowest BCUT2D eigenvalue weighted by atomic mass is 10.1. The molecule has 0 aliphatic carbocycles. The molecular weight excluding hydrogens is 282 g/mol. The largest absolute Gasteiger partial charge is 0.358 e. The summed E-state index contributed by atoms with van der Waals surface area (Å²) in [5, 5.41) is 29.2. The summed E-state index contributed by atoms with van der Waals surface area (Å²) in [5.41, 5.74) is 0.596. The second kappa shape index (κ2) is 5.36. The minimum absolute atomic E-state index is 0.0964. The molecule has 0 aliphatic rings. The molecule has 0 unspecified atom stereocenters. The Balaban J connectivity index is 2.19. The van der Waals surface area contributed by atoms with Gasteiger partial charge >= 0.3 is 5.82 Å². The maximum atomic E-state index is 11.9. The van der Waals surface area contributed by atoms with E-state index in [4.69, 9.17) is 0 Å². The summed E-state index contributed by atoms with van der Waals surface area (Å²) < 4.78 is 0. The average Bonchev–Trinajstić information content (AvgIpc) is 2.90. The zero-order valence-corrected chi connectivity index (χ0v) is 10.7. The summed E-state index contributed by atoms with van der Waals surface area (Å²) in [7, 11) is 0. The van der Waals surface area contributed by atoms with Crippen molar-refractivity contribution >= 4 is 23.1 Å². The third-order valence-corrected chi connectivity index (χ3v) is 2.66. The number of carbonyl (C=O) groups excluding carboxylic acids is 1. The minimum Gasteiger partial charge on any atom is -0.358 e. The van der Waals surface area contributed by atoms with E-state index in [-0.39, 0.29) is 11.4 Å². The number of hydrogen-bond donors (Lipinski definition) is 2. The van der Waals surface area contributed by atoms with Gasteiger partial charge in [-0.3, -0.25) is 14.9 Å². The number of carbonyl (C=O) groups is 1. The van der Waals surface area contributed by atoms with Crippen LogP contribution >= 0.6 is 0 Å². The van der Waals surface area contributed by atoms with Gasteiger partial charge in [0.2, 0.25) is 0 Å². The fourth-order valence-corrected chi connectivity index (χ4v) is 1.61. The van der Waals surface area contributed by atoms with Gasteiger partial charge in [0, 0.05) is 17.8 Å². The van der Waals surface area contributed by atoms with Crippen LogP contribution in [0.2, 0.25) is 0 Å². The highest BCUT2D eigenvalue weighted by Gasteiger charge is 2.17. The molecule has 1 heterocycles. The van der Waals surface area contributed by atoms with E-state index in [1.807, 2.05) is 0 Å². The fraction of sp³-hybridized carbons (Fsp3) is 0.0909. The van der Waals surface area contributed by atoms with Gasteiger partial charge in [0.15, 0.2) is 5.69 Å². The smallest absolute Gasteiger partial charge is 0.343 e. The number of hydrogen-bond acceptors (Lipinski definition) is 6. The van der Waals surface area contributed by atoms with Crippen LogP contribution in [0.25, 0.3) is 0 Å². The predicted molar refractivity (Wildman–Crippen MR) is 71.0 cm³/mol. The molecule has 21 heavy (non-hydrogen) atoms.